The van der Waals surface area contributed by atoms with E-state index in [-0.39, 0.29) is 0 Å². The van der Waals surface area contributed by atoms with E-state index in [4.69, 9.17) is 0 Å². The lowest BCUT2D eigenvalue weighted by molar-refractivity contribution is 0.0498. The molecular weight excluding hydrogens is 200 g/mol. The van der Waals surface area contributed by atoms with Crippen LogP contribution in [0, 0.1) is 0 Å². The second-order valence-electron chi connectivity index (χ2n) is 4.68. The maximum absolute atomic E-state index is 10.2. The van der Waals surface area contributed by atoms with Crippen LogP contribution in [0.5, 0.6) is 0 Å². The van der Waals surface area contributed by atoms with Gasteiger partial charge in [-0.05, 0) is 25.5 Å². The summed E-state index contributed by atoms with van der Waals surface area (Å²) in [7, 11) is 0. The SMILES string of the molecule is CCCC(C)(O)Cc1cc2cnccc2[nH]1. The Kier molecular flexibility index (Phi) is 2.97. The van der Waals surface area contributed by atoms with Crippen molar-refractivity contribution in [2.75, 3.05) is 0 Å². The minimum absolute atomic E-state index is 0.622. The van der Waals surface area contributed by atoms with Crippen molar-refractivity contribution >= 4 is 10.9 Å². The minimum Gasteiger partial charge on any atom is -0.390 e. The molecule has 0 saturated heterocycles. The second kappa shape index (κ2) is 4.26. The molecule has 2 N–H and O–H groups in total. The Morgan fingerprint density at radius 2 is 2.31 bits per heavy atom. The van der Waals surface area contributed by atoms with E-state index < -0.39 is 5.60 Å². The van der Waals surface area contributed by atoms with Gasteiger partial charge in [-0.3, -0.25) is 4.98 Å². The van der Waals surface area contributed by atoms with E-state index in [0.29, 0.717) is 6.42 Å². The standard InChI is InChI=1S/C13H18N2O/c1-3-5-13(2,16)8-11-7-10-9-14-6-4-12(10)15-11/h4,6-7,9,15-16H,3,5,8H2,1-2H3. The van der Waals surface area contributed by atoms with E-state index in [1.165, 1.54) is 0 Å². The number of aliphatic hydroxyl groups is 1. The van der Waals surface area contributed by atoms with Gasteiger partial charge in [0.1, 0.15) is 0 Å². The van der Waals surface area contributed by atoms with Crippen LogP contribution in [0.3, 0.4) is 0 Å². The summed E-state index contributed by atoms with van der Waals surface area (Å²) in [5.41, 5.74) is 1.53. The third-order valence-corrected chi connectivity index (χ3v) is 2.84. The van der Waals surface area contributed by atoms with E-state index >= 15 is 0 Å². The molecule has 0 aliphatic carbocycles. The predicted octanol–water partition coefficient (Wildman–Crippen LogP) is 2.66. The highest BCUT2D eigenvalue weighted by Crippen LogP contribution is 2.21. The van der Waals surface area contributed by atoms with Crippen molar-refractivity contribution in [1.29, 1.82) is 0 Å². The number of nitrogens with one attached hydrogen (secondary N) is 1. The lowest BCUT2D eigenvalue weighted by Gasteiger charge is -2.21. The van der Waals surface area contributed by atoms with Crippen LogP contribution in [0.15, 0.2) is 24.5 Å². The number of rotatable bonds is 4. The molecule has 0 aromatic carbocycles. The van der Waals surface area contributed by atoms with Crippen molar-refractivity contribution in [3.63, 3.8) is 0 Å². The third kappa shape index (κ3) is 2.42. The smallest absolute Gasteiger partial charge is 0.0674 e. The topological polar surface area (TPSA) is 48.9 Å². The molecule has 2 rings (SSSR count). The monoisotopic (exact) mass is 218 g/mol. The van der Waals surface area contributed by atoms with Crippen LogP contribution in [0.25, 0.3) is 10.9 Å². The number of nitrogens with zero attached hydrogens (tertiary/aromatic N) is 1. The molecule has 0 radical (unpaired) electrons. The quantitative estimate of drug-likeness (QED) is 0.828. The number of fused-ring (bicyclic) bond motifs is 1. The number of H-pyrrole nitrogens is 1. The highest BCUT2D eigenvalue weighted by molar-refractivity contribution is 5.79. The van der Waals surface area contributed by atoms with Crippen LogP contribution in [0.2, 0.25) is 0 Å². The molecule has 0 aliphatic rings. The molecule has 3 nitrogen and oxygen atoms in total. The van der Waals surface area contributed by atoms with Crippen molar-refractivity contribution in [1.82, 2.24) is 9.97 Å². The Hall–Kier alpha value is -1.35. The predicted molar refractivity (Wildman–Crippen MR) is 65.3 cm³/mol. The highest BCUT2D eigenvalue weighted by atomic mass is 16.3. The van der Waals surface area contributed by atoms with E-state index in [1.54, 1.807) is 6.20 Å². The van der Waals surface area contributed by atoms with Crippen molar-refractivity contribution < 1.29 is 5.11 Å². The molecule has 0 bridgehead atoms. The molecule has 0 aliphatic heterocycles. The first-order valence-corrected chi connectivity index (χ1v) is 5.75. The maximum Gasteiger partial charge on any atom is 0.0674 e. The summed E-state index contributed by atoms with van der Waals surface area (Å²) in [6, 6.07) is 4.01. The molecule has 0 spiro atoms. The summed E-state index contributed by atoms with van der Waals surface area (Å²) in [5, 5.41) is 11.3. The van der Waals surface area contributed by atoms with E-state index in [1.807, 2.05) is 19.2 Å². The van der Waals surface area contributed by atoms with Crippen molar-refractivity contribution in [3.05, 3.63) is 30.2 Å². The fraction of sp³-hybridized carbons (Fsp3) is 0.462. The average Bonchev–Trinajstić information content (AvgIpc) is 2.58. The van der Waals surface area contributed by atoms with Crippen LogP contribution in [-0.2, 0) is 6.42 Å². The van der Waals surface area contributed by atoms with Crippen LogP contribution in [-0.4, -0.2) is 20.7 Å². The molecule has 2 heterocycles. The highest BCUT2D eigenvalue weighted by Gasteiger charge is 2.20. The zero-order valence-corrected chi connectivity index (χ0v) is 9.83. The molecule has 0 fully saturated rings. The molecule has 3 heteroatoms. The summed E-state index contributed by atoms with van der Waals surface area (Å²) in [5.74, 6) is 0. The van der Waals surface area contributed by atoms with Gasteiger partial charge in [-0.25, -0.2) is 0 Å². The molecule has 0 saturated carbocycles. The summed E-state index contributed by atoms with van der Waals surface area (Å²) in [6.07, 6.45) is 6.08. The Morgan fingerprint density at radius 3 is 3.00 bits per heavy atom. The maximum atomic E-state index is 10.2. The summed E-state index contributed by atoms with van der Waals surface area (Å²) in [6.45, 7) is 3.98. The Morgan fingerprint density at radius 1 is 1.50 bits per heavy atom. The van der Waals surface area contributed by atoms with Gasteiger partial charge in [0.15, 0.2) is 0 Å². The second-order valence-corrected chi connectivity index (χ2v) is 4.68. The van der Waals surface area contributed by atoms with Crippen LogP contribution in [0.1, 0.15) is 32.4 Å². The lowest BCUT2D eigenvalue weighted by atomic mass is 9.95. The Labute approximate surface area is 95.5 Å². The average molecular weight is 218 g/mol. The summed E-state index contributed by atoms with van der Waals surface area (Å²) in [4.78, 5) is 7.39. The number of hydrogen-bond acceptors (Lipinski definition) is 2. The lowest BCUT2D eigenvalue weighted by Crippen LogP contribution is -2.26. The van der Waals surface area contributed by atoms with Crippen molar-refractivity contribution in [2.45, 2.75) is 38.7 Å². The fourth-order valence-electron chi connectivity index (χ4n) is 2.16. The van der Waals surface area contributed by atoms with Gasteiger partial charge in [-0.2, -0.15) is 0 Å². The number of pyridine rings is 1. The van der Waals surface area contributed by atoms with Gasteiger partial charge in [0.25, 0.3) is 0 Å². The largest absolute Gasteiger partial charge is 0.390 e. The molecule has 16 heavy (non-hydrogen) atoms. The van der Waals surface area contributed by atoms with Crippen molar-refractivity contribution in [2.24, 2.45) is 0 Å². The van der Waals surface area contributed by atoms with Gasteiger partial charge in [0.2, 0.25) is 0 Å². The molecule has 86 valence electrons. The number of aromatic nitrogens is 2. The normalized spacial score (nSPS) is 15.2. The number of aromatic amines is 1. The first-order chi connectivity index (χ1) is 7.61. The third-order valence-electron chi connectivity index (χ3n) is 2.84. The Balaban J connectivity index is 2.21. The molecule has 2 aromatic rings. The molecule has 1 unspecified atom stereocenters. The molecule has 0 amide bonds. The van der Waals surface area contributed by atoms with Gasteiger partial charge in [0.05, 0.1) is 5.60 Å². The van der Waals surface area contributed by atoms with Gasteiger partial charge < -0.3 is 10.1 Å². The Bertz CT molecular complexity index is 440. The van der Waals surface area contributed by atoms with E-state index in [9.17, 15) is 5.11 Å². The summed E-state index contributed by atoms with van der Waals surface area (Å²) < 4.78 is 0. The minimum atomic E-state index is -0.622. The molecule has 1 atom stereocenters. The van der Waals surface area contributed by atoms with Gasteiger partial charge in [-0.1, -0.05) is 13.3 Å². The number of hydrogen-bond donors (Lipinski definition) is 2. The van der Waals surface area contributed by atoms with Gasteiger partial charge in [0, 0.05) is 35.4 Å². The summed E-state index contributed by atoms with van der Waals surface area (Å²) >= 11 is 0. The van der Waals surface area contributed by atoms with E-state index in [0.717, 1.165) is 29.4 Å². The van der Waals surface area contributed by atoms with Crippen LogP contribution >= 0.6 is 0 Å². The van der Waals surface area contributed by atoms with Crippen LogP contribution in [0.4, 0.5) is 0 Å². The van der Waals surface area contributed by atoms with Gasteiger partial charge in [-0.15, -0.1) is 0 Å². The molecule has 2 aromatic heterocycles. The van der Waals surface area contributed by atoms with Crippen molar-refractivity contribution in [3.8, 4) is 0 Å². The zero-order chi connectivity index (χ0) is 11.6. The first kappa shape index (κ1) is 11.1. The molecular formula is C13H18N2O. The van der Waals surface area contributed by atoms with Gasteiger partial charge >= 0.3 is 0 Å². The van der Waals surface area contributed by atoms with E-state index in [2.05, 4.69) is 23.0 Å². The van der Waals surface area contributed by atoms with Crippen LogP contribution < -0.4 is 0 Å². The first-order valence-electron chi connectivity index (χ1n) is 5.75. The zero-order valence-electron chi connectivity index (χ0n) is 9.83. The fourth-order valence-corrected chi connectivity index (χ4v) is 2.16.